The summed E-state index contributed by atoms with van der Waals surface area (Å²) in [5.41, 5.74) is 3.89. The van der Waals surface area contributed by atoms with E-state index in [0.717, 1.165) is 0 Å². The topological polar surface area (TPSA) is 15.7 Å². The molecule has 1 fully saturated rings. The smallest absolute Gasteiger partial charge is 0.189 e. The van der Waals surface area contributed by atoms with Gasteiger partial charge in [-0.3, -0.25) is 0 Å². The highest BCUT2D eigenvalue weighted by Crippen LogP contribution is 2.64. The quantitative estimate of drug-likeness (QED) is 0.299. The Balaban J connectivity index is 1.50. The van der Waals surface area contributed by atoms with Crippen molar-refractivity contribution in [2.75, 3.05) is 14.1 Å². The van der Waals surface area contributed by atoms with Crippen molar-refractivity contribution in [1.29, 1.82) is 0 Å². The lowest BCUT2D eigenvalue weighted by atomic mass is 9.93. The molecule has 32 heavy (non-hydrogen) atoms. The number of rotatable bonds is 5. The Kier molecular flexibility index (Phi) is 6.08. The van der Waals surface area contributed by atoms with Crippen LogP contribution in [0.4, 0.5) is 0 Å². The fourth-order valence-corrected chi connectivity index (χ4v) is 6.98. The zero-order chi connectivity index (χ0) is 22.1. The number of hydrogen-bond donors (Lipinski definition) is 0. The first-order valence-electron chi connectivity index (χ1n) is 11.1. The minimum absolute atomic E-state index is 0.0111. The number of hydrogen-bond acceptors (Lipinski definition) is 3. The second kappa shape index (κ2) is 9.13. The molecule has 4 aromatic carbocycles. The fraction of sp³-hybridized carbons (Fsp3) is 0.214. The second-order valence-electron chi connectivity index (χ2n) is 8.43. The summed E-state index contributed by atoms with van der Waals surface area (Å²) in [6, 6.07) is 37.1. The summed E-state index contributed by atoms with van der Waals surface area (Å²) >= 11 is 0. The van der Waals surface area contributed by atoms with Gasteiger partial charge in [-0.2, -0.15) is 0 Å². The van der Waals surface area contributed by atoms with Gasteiger partial charge in [-0.25, -0.2) is 9.34 Å². The average molecular weight is 441 g/mol. The molecule has 0 amide bonds. The molecule has 0 aromatic heterocycles. The summed E-state index contributed by atoms with van der Waals surface area (Å²) in [7, 11) is 3.47. The molecule has 0 aliphatic carbocycles. The summed E-state index contributed by atoms with van der Waals surface area (Å²) in [4.78, 5) is 0. The molecule has 162 valence electrons. The summed E-state index contributed by atoms with van der Waals surface area (Å²) in [5, 5.41) is 2.52. The van der Waals surface area contributed by atoms with Gasteiger partial charge < -0.3 is 4.52 Å². The van der Waals surface area contributed by atoms with Crippen LogP contribution in [0.5, 0.6) is 0 Å². The summed E-state index contributed by atoms with van der Waals surface area (Å²) in [5.74, 6) is 0. The van der Waals surface area contributed by atoms with Crippen molar-refractivity contribution in [1.82, 2.24) is 9.34 Å². The van der Waals surface area contributed by atoms with Crippen molar-refractivity contribution < 1.29 is 4.52 Å². The van der Waals surface area contributed by atoms with E-state index < -0.39 is 8.45 Å². The summed E-state index contributed by atoms with van der Waals surface area (Å²) in [6.07, 6.45) is -0.0111. The predicted octanol–water partition coefficient (Wildman–Crippen LogP) is 7.50. The zero-order valence-electron chi connectivity index (χ0n) is 18.8. The van der Waals surface area contributed by atoms with E-state index in [2.05, 4.69) is 133 Å². The Morgan fingerprint density at radius 2 is 1.16 bits per heavy atom. The van der Waals surface area contributed by atoms with Gasteiger partial charge in [-0.15, -0.1) is 0 Å². The average Bonchev–Trinajstić information content (AvgIpc) is 3.09. The highest BCUT2D eigenvalue weighted by Gasteiger charge is 2.47. The molecule has 1 aliphatic heterocycles. The molecule has 4 heteroatoms. The van der Waals surface area contributed by atoms with Crippen molar-refractivity contribution in [3.8, 4) is 0 Å². The molecule has 0 radical (unpaired) electrons. The summed E-state index contributed by atoms with van der Waals surface area (Å²) in [6.45, 7) is 2.18. The van der Waals surface area contributed by atoms with Crippen molar-refractivity contribution in [3.05, 3.63) is 120 Å². The molecule has 0 bridgehead atoms. The number of likely N-dealkylation sites (N-methyl/N-ethyl adjacent to an activating group) is 2. The normalized spacial score (nSPS) is 21.2. The van der Waals surface area contributed by atoms with Crippen LogP contribution in [0, 0.1) is 0 Å². The predicted molar refractivity (Wildman–Crippen MR) is 134 cm³/mol. The van der Waals surface area contributed by atoms with Crippen LogP contribution < -0.4 is 0 Å². The van der Waals surface area contributed by atoms with Gasteiger partial charge in [0.25, 0.3) is 0 Å². The van der Waals surface area contributed by atoms with Crippen LogP contribution in [0.1, 0.15) is 41.8 Å². The third-order valence-electron chi connectivity index (χ3n) is 6.44. The first-order chi connectivity index (χ1) is 15.6. The molecular formula is C28H29N2OP. The van der Waals surface area contributed by atoms with Crippen LogP contribution in [0.3, 0.4) is 0 Å². The molecule has 0 unspecified atom stereocenters. The van der Waals surface area contributed by atoms with E-state index in [-0.39, 0.29) is 18.2 Å². The van der Waals surface area contributed by atoms with Gasteiger partial charge in [0.05, 0.1) is 18.2 Å². The maximum atomic E-state index is 6.85. The Bertz CT molecular complexity index is 1130. The lowest BCUT2D eigenvalue weighted by Crippen LogP contribution is -2.20. The van der Waals surface area contributed by atoms with Gasteiger partial charge >= 0.3 is 0 Å². The van der Waals surface area contributed by atoms with Crippen LogP contribution in [0.2, 0.25) is 0 Å². The lowest BCUT2D eigenvalue weighted by Gasteiger charge is -2.29. The van der Waals surface area contributed by atoms with Crippen molar-refractivity contribution in [2.24, 2.45) is 0 Å². The first kappa shape index (κ1) is 21.3. The van der Waals surface area contributed by atoms with Crippen LogP contribution >= 0.6 is 8.45 Å². The summed E-state index contributed by atoms with van der Waals surface area (Å²) < 4.78 is 11.7. The van der Waals surface area contributed by atoms with E-state index in [1.54, 1.807) is 0 Å². The molecule has 4 aromatic rings. The van der Waals surface area contributed by atoms with Crippen molar-refractivity contribution in [2.45, 2.75) is 25.1 Å². The minimum atomic E-state index is -0.945. The molecule has 5 rings (SSSR count). The van der Waals surface area contributed by atoms with E-state index >= 15 is 0 Å². The molecule has 3 atom stereocenters. The van der Waals surface area contributed by atoms with E-state index in [4.69, 9.17) is 4.52 Å². The molecule has 0 N–H and O–H groups in total. The molecule has 0 saturated carbocycles. The molecule has 0 spiro atoms. The van der Waals surface area contributed by atoms with Crippen LogP contribution in [0.15, 0.2) is 103 Å². The van der Waals surface area contributed by atoms with Gasteiger partial charge in [0.1, 0.15) is 0 Å². The van der Waals surface area contributed by atoms with E-state index in [0.29, 0.717) is 0 Å². The van der Waals surface area contributed by atoms with Gasteiger partial charge in [0.2, 0.25) is 0 Å². The first-order valence-corrected chi connectivity index (χ1v) is 12.3. The van der Waals surface area contributed by atoms with Gasteiger partial charge in [0.15, 0.2) is 8.45 Å². The number of benzene rings is 4. The van der Waals surface area contributed by atoms with E-state index in [1.807, 2.05) is 0 Å². The highest BCUT2D eigenvalue weighted by molar-refractivity contribution is 7.47. The molecular weight excluding hydrogens is 411 g/mol. The lowest BCUT2D eigenvalue weighted by molar-refractivity contribution is 0.225. The Hall–Kier alpha value is -2.55. The Labute approximate surface area is 192 Å². The van der Waals surface area contributed by atoms with E-state index in [9.17, 15) is 0 Å². The third kappa shape index (κ3) is 3.87. The Morgan fingerprint density at radius 1 is 0.656 bits per heavy atom. The van der Waals surface area contributed by atoms with Crippen molar-refractivity contribution in [3.63, 3.8) is 0 Å². The van der Waals surface area contributed by atoms with Crippen LogP contribution in [-0.4, -0.2) is 23.4 Å². The number of nitrogens with zero attached hydrogens (tertiary/aromatic N) is 2. The second-order valence-corrected chi connectivity index (χ2v) is 10.4. The van der Waals surface area contributed by atoms with Gasteiger partial charge in [0, 0.05) is 0 Å². The molecule has 3 nitrogen and oxygen atoms in total. The fourth-order valence-electron chi connectivity index (χ4n) is 4.89. The monoisotopic (exact) mass is 440 g/mol. The molecule has 1 heterocycles. The van der Waals surface area contributed by atoms with Crippen LogP contribution in [0.25, 0.3) is 10.8 Å². The van der Waals surface area contributed by atoms with E-state index in [1.165, 1.54) is 27.5 Å². The van der Waals surface area contributed by atoms with Crippen molar-refractivity contribution >= 4 is 19.2 Å². The largest absolute Gasteiger partial charge is 0.323 e. The molecule has 1 saturated heterocycles. The van der Waals surface area contributed by atoms with Crippen LogP contribution in [-0.2, 0) is 4.52 Å². The zero-order valence-corrected chi connectivity index (χ0v) is 19.7. The highest BCUT2D eigenvalue weighted by atomic mass is 31.2. The SMILES string of the molecule is C[C@H](OP1N(C)[C@H](c2ccccc2)[C@@H](c2ccccc2)N1C)c1cccc2ccccc12. The minimum Gasteiger partial charge on any atom is -0.323 e. The third-order valence-corrected chi connectivity index (χ3v) is 8.52. The maximum Gasteiger partial charge on any atom is 0.189 e. The maximum absolute atomic E-state index is 6.85. The Morgan fingerprint density at radius 3 is 1.75 bits per heavy atom. The standard InChI is InChI=1S/C28H29N2OP/c1-21(25-20-12-18-22-13-10-11-19-26(22)25)31-32-29(2)27(23-14-6-4-7-15-23)28(30(32)3)24-16-8-5-9-17-24/h4-21,27-28H,1-3H3/t21-,27+,28+/m0/s1. The van der Waals surface area contributed by atoms with Gasteiger partial charge in [-0.1, -0.05) is 103 Å². The number of fused-ring (bicyclic) bond motifs is 1. The molecule has 1 aliphatic rings. The van der Waals surface area contributed by atoms with Gasteiger partial charge in [-0.05, 0) is 48.5 Å².